The molecule has 1 aromatic rings. The summed E-state index contributed by atoms with van der Waals surface area (Å²) in [6.45, 7) is 5.94. The summed E-state index contributed by atoms with van der Waals surface area (Å²) in [6.07, 6.45) is 1.78. The average Bonchev–Trinajstić information content (AvgIpc) is 2.73. The monoisotopic (exact) mass is 224 g/mol. The number of hydrogen-bond acceptors (Lipinski definition) is 4. The van der Waals surface area contributed by atoms with Gasteiger partial charge in [-0.15, -0.1) is 10.2 Å². The highest BCUT2D eigenvalue weighted by atomic mass is 16.4. The maximum atomic E-state index is 10.7. The van der Waals surface area contributed by atoms with Gasteiger partial charge in [-0.25, -0.2) is 0 Å². The molecule has 1 fully saturated rings. The van der Waals surface area contributed by atoms with E-state index in [2.05, 4.69) is 15.4 Å². The molecule has 16 heavy (non-hydrogen) atoms. The van der Waals surface area contributed by atoms with Crippen molar-refractivity contribution in [2.75, 3.05) is 0 Å². The van der Waals surface area contributed by atoms with Crippen molar-refractivity contribution in [1.82, 2.24) is 20.2 Å². The molecule has 1 aliphatic carbocycles. The first-order valence-electron chi connectivity index (χ1n) is 5.36. The highest BCUT2D eigenvalue weighted by Crippen LogP contribution is 2.49. The van der Waals surface area contributed by atoms with Crippen molar-refractivity contribution in [3.05, 3.63) is 5.82 Å². The third-order valence-corrected chi connectivity index (χ3v) is 2.83. The Morgan fingerprint density at radius 2 is 2.12 bits per heavy atom. The topological polar surface area (TPSA) is 80.9 Å². The lowest BCUT2D eigenvalue weighted by atomic mass is 10.0. The number of carboxylic acid groups (broad SMARTS) is 1. The fourth-order valence-electron chi connectivity index (χ4n) is 1.63. The van der Waals surface area contributed by atoms with Crippen molar-refractivity contribution < 1.29 is 9.90 Å². The van der Waals surface area contributed by atoms with Gasteiger partial charge in [0.05, 0.1) is 12.0 Å². The van der Waals surface area contributed by atoms with E-state index in [9.17, 15) is 4.79 Å². The number of carbonyl (C=O) groups is 1. The van der Waals surface area contributed by atoms with Gasteiger partial charge < -0.3 is 5.11 Å². The number of aliphatic carboxylic acids is 1. The molecule has 0 atom stereocenters. The van der Waals surface area contributed by atoms with Gasteiger partial charge >= 0.3 is 5.97 Å². The summed E-state index contributed by atoms with van der Waals surface area (Å²) in [5.74, 6) is -0.227. The predicted octanol–water partition coefficient (Wildman–Crippen LogP) is 0.934. The van der Waals surface area contributed by atoms with Crippen LogP contribution in [0.1, 0.15) is 45.9 Å². The van der Waals surface area contributed by atoms with Gasteiger partial charge in [-0.1, -0.05) is 0 Å². The molecule has 1 heterocycles. The Balaban J connectivity index is 2.22. The van der Waals surface area contributed by atoms with E-state index < -0.39 is 5.97 Å². The van der Waals surface area contributed by atoms with Gasteiger partial charge in [0.1, 0.15) is 0 Å². The molecule has 6 heteroatoms. The van der Waals surface area contributed by atoms with Crippen molar-refractivity contribution in [2.24, 2.45) is 0 Å². The minimum absolute atomic E-state index is 0.100. The molecule has 0 radical (unpaired) electrons. The lowest BCUT2D eigenvalue weighted by molar-refractivity contribution is -0.137. The van der Waals surface area contributed by atoms with Gasteiger partial charge in [-0.2, -0.15) is 4.80 Å². The third-order valence-electron chi connectivity index (χ3n) is 2.83. The second kappa shape index (κ2) is 3.26. The maximum absolute atomic E-state index is 10.7. The van der Waals surface area contributed by atoms with Crippen LogP contribution in [0, 0.1) is 0 Å². The zero-order valence-electron chi connectivity index (χ0n) is 9.77. The van der Waals surface area contributed by atoms with Crippen molar-refractivity contribution in [3.63, 3.8) is 0 Å². The summed E-state index contributed by atoms with van der Waals surface area (Å²) in [4.78, 5) is 12.3. The van der Waals surface area contributed by atoms with Crippen LogP contribution < -0.4 is 0 Å². The first-order valence-corrected chi connectivity index (χ1v) is 5.36. The molecule has 0 amide bonds. The minimum atomic E-state index is -0.801. The molecule has 2 rings (SSSR count). The lowest BCUT2D eigenvalue weighted by Crippen LogP contribution is -2.25. The number of rotatable bonds is 3. The van der Waals surface area contributed by atoms with Crippen molar-refractivity contribution in [2.45, 2.75) is 51.0 Å². The summed E-state index contributed by atoms with van der Waals surface area (Å²) in [5.41, 5.74) is -0.570. The molecule has 1 N–H and O–H groups in total. The highest BCUT2D eigenvalue weighted by Gasteiger charge is 2.50. The van der Waals surface area contributed by atoms with Crippen LogP contribution in [-0.2, 0) is 15.7 Å². The third kappa shape index (κ3) is 1.91. The SMILES string of the molecule is CC(C)(C)n1nnc(C2(CC(=O)O)CC2)n1. The molecule has 0 saturated heterocycles. The van der Waals surface area contributed by atoms with E-state index in [0.29, 0.717) is 5.82 Å². The second-order valence-electron chi connectivity index (χ2n) is 5.42. The predicted molar refractivity (Wildman–Crippen MR) is 56.0 cm³/mol. The standard InChI is InChI=1S/C10H16N4O2/c1-9(2,3)14-12-8(11-13-14)10(4-5-10)6-7(15)16/h4-6H2,1-3H3,(H,15,16). The Labute approximate surface area is 93.6 Å². The number of tetrazole rings is 1. The Morgan fingerprint density at radius 1 is 1.50 bits per heavy atom. The Hall–Kier alpha value is -1.46. The van der Waals surface area contributed by atoms with Crippen molar-refractivity contribution in [3.8, 4) is 0 Å². The Kier molecular flexibility index (Phi) is 2.25. The fourth-order valence-corrected chi connectivity index (χ4v) is 1.63. The van der Waals surface area contributed by atoms with E-state index in [1.165, 1.54) is 0 Å². The Morgan fingerprint density at radius 3 is 2.50 bits per heavy atom. The molecular formula is C10H16N4O2. The first kappa shape index (κ1) is 11.0. The lowest BCUT2D eigenvalue weighted by Gasteiger charge is -2.15. The minimum Gasteiger partial charge on any atom is -0.481 e. The van der Waals surface area contributed by atoms with E-state index in [-0.39, 0.29) is 17.4 Å². The van der Waals surface area contributed by atoms with Crippen LogP contribution in [0.2, 0.25) is 0 Å². The zero-order valence-corrected chi connectivity index (χ0v) is 9.77. The molecule has 6 nitrogen and oxygen atoms in total. The smallest absolute Gasteiger partial charge is 0.304 e. The van der Waals surface area contributed by atoms with Gasteiger partial charge in [-0.3, -0.25) is 4.79 Å². The van der Waals surface area contributed by atoms with E-state index in [4.69, 9.17) is 5.11 Å². The van der Waals surface area contributed by atoms with Crippen LogP contribution in [0.3, 0.4) is 0 Å². The fraction of sp³-hybridized carbons (Fsp3) is 0.800. The van der Waals surface area contributed by atoms with Gasteiger partial charge in [0.2, 0.25) is 0 Å². The molecule has 1 aliphatic rings. The zero-order chi connectivity index (χ0) is 12.0. The summed E-state index contributed by atoms with van der Waals surface area (Å²) in [5, 5.41) is 21.1. The van der Waals surface area contributed by atoms with Crippen LogP contribution in [-0.4, -0.2) is 31.3 Å². The molecule has 0 aromatic carbocycles. The summed E-state index contributed by atoms with van der Waals surface area (Å²) < 4.78 is 0. The summed E-state index contributed by atoms with van der Waals surface area (Å²) in [6, 6.07) is 0. The van der Waals surface area contributed by atoms with Crippen LogP contribution in [0.25, 0.3) is 0 Å². The van der Waals surface area contributed by atoms with Crippen LogP contribution in [0.4, 0.5) is 0 Å². The molecule has 88 valence electrons. The van der Waals surface area contributed by atoms with E-state index in [0.717, 1.165) is 12.8 Å². The average molecular weight is 224 g/mol. The highest BCUT2D eigenvalue weighted by molar-refractivity contribution is 5.69. The van der Waals surface area contributed by atoms with Crippen LogP contribution in [0.15, 0.2) is 0 Å². The number of carboxylic acids is 1. The van der Waals surface area contributed by atoms with Crippen molar-refractivity contribution >= 4 is 5.97 Å². The van der Waals surface area contributed by atoms with Gasteiger partial charge in [0, 0.05) is 5.41 Å². The second-order valence-corrected chi connectivity index (χ2v) is 5.42. The number of hydrogen-bond donors (Lipinski definition) is 1. The van der Waals surface area contributed by atoms with E-state index in [1.54, 1.807) is 4.80 Å². The molecule has 0 spiro atoms. The first-order chi connectivity index (χ1) is 7.33. The molecule has 0 aliphatic heterocycles. The number of nitrogens with zero attached hydrogens (tertiary/aromatic N) is 4. The number of aromatic nitrogens is 4. The Bertz CT molecular complexity index is 415. The molecule has 1 saturated carbocycles. The van der Waals surface area contributed by atoms with Crippen LogP contribution >= 0.6 is 0 Å². The summed E-state index contributed by atoms with van der Waals surface area (Å²) >= 11 is 0. The van der Waals surface area contributed by atoms with E-state index in [1.807, 2.05) is 20.8 Å². The van der Waals surface area contributed by atoms with Crippen LogP contribution in [0.5, 0.6) is 0 Å². The maximum Gasteiger partial charge on any atom is 0.304 e. The molecule has 0 bridgehead atoms. The van der Waals surface area contributed by atoms with Crippen molar-refractivity contribution in [1.29, 1.82) is 0 Å². The van der Waals surface area contributed by atoms with Gasteiger partial charge in [0.25, 0.3) is 0 Å². The largest absolute Gasteiger partial charge is 0.481 e. The molecular weight excluding hydrogens is 208 g/mol. The molecule has 0 unspecified atom stereocenters. The van der Waals surface area contributed by atoms with Gasteiger partial charge in [-0.05, 0) is 38.8 Å². The quantitative estimate of drug-likeness (QED) is 0.826. The normalized spacial score (nSPS) is 18.4. The van der Waals surface area contributed by atoms with E-state index >= 15 is 0 Å². The summed E-state index contributed by atoms with van der Waals surface area (Å²) in [7, 11) is 0. The van der Waals surface area contributed by atoms with Gasteiger partial charge in [0.15, 0.2) is 5.82 Å². The molecule has 1 aromatic heterocycles.